The van der Waals surface area contributed by atoms with Gasteiger partial charge in [-0.3, -0.25) is 4.79 Å². The Balaban J connectivity index is 3.89. The fourth-order valence-electron chi connectivity index (χ4n) is 1.29. The highest BCUT2D eigenvalue weighted by atomic mass is 16.2. The molecule has 1 unspecified atom stereocenters. The van der Waals surface area contributed by atoms with Gasteiger partial charge in [0.2, 0.25) is 5.91 Å². The van der Waals surface area contributed by atoms with Crippen LogP contribution >= 0.6 is 0 Å². The number of carbonyl (C=O) groups is 1. The standard InChI is InChI=1S/C10H18N2O/c1-4-9(7-5-6-8-11)10(13)12(2)3/h9H,4-7H2,1-3H3. The van der Waals surface area contributed by atoms with Crippen molar-refractivity contribution in [1.29, 1.82) is 5.26 Å². The number of hydrogen-bond donors (Lipinski definition) is 0. The molecule has 0 saturated carbocycles. The van der Waals surface area contributed by atoms with Crippen molar-refractivity contribution in [1.82, 2.24) is 4.90 Å². The van der Waals surface area contributed by atoms with E-state index in [4.69, 9.17) is 5.26 Å². The van der Waals surface area contributed by atoms with Gasteiger partial charge in [-0.2, -0.15) is 5.26 Å². The number of rotatable bonds is 5. The van der Waals surface area contributed by atoms with Crippen LogP contribution in [0.4, 0.5) is 0 Å². The lowest BCUT2D eigenvalue weighted by atomic mass is 9.98. The summed E-state index contributed by atoms with van der Waals surface area (Å²) in [6.45, 7) is 2.01. The third kappa shape index (κ3) is 4.51. The summed E-state index contributed by atoms with van der Waals surface area (Å²) in [5.74, 6) is 0.281. The van der Waals surface area contributed by atoms with Crippen LogP contribution in [0.15, 0.2) is 0 Å². The molecule has 0 aliphatic heterocycles. The first-order chi connectivity index (χ1) is 6.13. The van der Waals surface area contributed by atoms with Crippen LogP contribution in [0, 0.1) is 17.2 Å². The quantitative estimate of drug-likeness (QED) is 0.608. The van der Waals surface area contributed by atoms with E-state index in [9.17, 15) is 4.79 Å². The Bertz CT molecular complexity index is 194. The zero-order valence-electron chi connectivity index (χ0n) is 8.71. The number of nitrogens with zero attached hydrogens (tertiary/aromatic N) is 2. The Labute approximate surface area is 80.3 Å². The smallest absolute Gasteiger partial charge is 0.225 e. The van der Waals surface area contributed by atoms with Gasteiger partial charge in [0, 0.05) is 26.4 Å². The van der Waals surface area contributed by atoms with Crippen LogP contribution < -0.4 is 0 Å². The first-order valence-corrected chi connectivity index (χ1v) is 4.71. The van der Waals surface area contributed by atoms with Crippen LogP contribution in [0.25, 0.3) is 0 Å². The molecule has 0 aromatic carbocycles. The zero-order valence-corrected chi connectivity index (χ0v) is 8.71. The van der Waals surface area contributed by atoms with E-state index < -0.39 is 0 Å². The molecular weight excluding hydrogens is 164 g/mol. The molecule has 0 bridgehead atoms. The van der Waals surface area contributed by atoms with E-state index in [-0.39, 0.29) is 11.8 Å². The maximum absolute atomic E-state index is 11.5. The lowest BCUT2D eigenvalue weighted by molar-refractivity contribution is -0.133. The van der Waals surface area contributed by atoms with Crippen molar-refractivity contribution in [3.8, 4) is 6.07 Å². The first-order valence-electron chi connectivity index (χ1n) is 4.71. The molecule has 0 aliphatic carbocycles. The van der Waals surface area contributed by atoms with Gasteiger partial charge in [-0.15, -0.1) is 0 Å². The van der Waals surface area contributed by atoms with E-state index in [0.717, 1.165) is 19.3 Å². The molecule has 13 heavy (non-hydrogen) atoms. The molecule has 3 heteroatoms. The fraction of sp³-hybridized carbons (Fsp3) is 0.800. The van der Waals surface area contributed by atoms with Crippen LogP contribution in [-0.4, -0.2) is 24.9 Å². The van der Waals surface area contributed by atoms with E-state index in [1.54, 1.807) is 19.0 Å². The molecule has 0 aromatic heterocycles. The first kappa shape index (κ1) is 12.0. The second-order valence-electron chi connectivity index (χ2n) is 3.39. The normalized spacial score (nSPS) is 11.8. The molecule has 0 aliphatic rings. The number of unbranched alkanes of at least 4 members (excludes halogenated alkanes) is 1. The number of amides is 1. The van der Waals surface area contributed by atoms with Crippen LogP contribution in [0.3, 0.4) is 0 Å². The zero-order chi connectivity index (χ0) is 10.3. The Morgan fingerprint density at radius 3 is 2.54 bits per heavy atom. The number of hydrogen-bond acceptors (Lipinski definition) is 2. The minimum atomic E-state index is 0.100. The predicted octanol–water partition coefficient (Wildman–Crippen LogP) is 1.79. The van der Waals surface area contributed by atoms with Crippen molar-refractivity contribution >= 4 is 5.91 Å². The van der Waals surface area contributed by atoms with E-state index >= 15 is 0 Å². The summed E-state index contributed by atoms with van der Waals surface area (Å²) in [4.78, 5) is 13.1. The second-order valence-corrected chi connectivity index (χ2v) is 3.39. The van der Waals surface area contributed by atoms with Crippen LogP contribution in [0.2, 0.25) is 0 Å². The molecule has 0 radical (unpaired) electrons. The highest BCUT2D eigenvalue weighted by Crippen LogP contribution is 2.14. The molecule has 0 saturated heterocycles. The van der Waals surface area contributed by atoms with Crippen molar-refractivity contribution in [3.05, 3.63) is 0 Å². The van der Waals surface area contributed by atoms with Gasteiger partial charge in [-0.05, 0) is 19.3 Å². The topological polar surface area (TPSA) is 44.1 Å². The fourth-order valence-corrected chi connectivity index (χ4v) is 1.29. The molecule has 0 N–H and O–H groups in total. The van der Waals surface area contributed by atoms with Gasteiger partial charge in [0.15, 0.2) is 0 Å². The van der Waals surface area contributed by atoms with Gasteiger partial charge in [0.25, 0.3) is 0 Å². The Hall–Kier alpha value is -1.04. The van der Waals surface area contributed by atoms with E-state index in [2.05, 4.69) is 6.07 Å². The van der Waals surface area contributed by atoms with Gasteiger partial charge < -0.3 is 4.90 Å². The summed E-state index contributed by atoms with van der Waals surface area (Å²) in [5.41, 5.74) is 0. The van der Waals surface area contributed by atoms with Crippen LogP contribution in [0.1, 0.15) is 32.6 Å². The molecule has 3 nitrogen and oxygen atoms in total. The predicted molar refractivity (Wildman–Crippen MR) is 51.9 cm³/mol. The highest BCUT2D eigenvalue weighted by Gasteiger charge is 2.17. The van der Waals surface area contributed by atoms with Gasteiger partial charge in [-0.1, -0.05) is 6.92 Å². The van der Waals surface area contributed by atoms with Gasteiger partial charge in [0.05, 0.1) is 6.07 Å². The van der Waals surface area contributed by atoms with E-state index in [0.29, 0.717) is 6.42 Å². The third-order valence-electron chi connectivity index (χ3n) is 2.12. The summed E-state index contributed by atoms with van der Waals surface area (Å²) in [6.07, 6.45) is 3.08. The molecule has 0 fully saturated rings. The van der Waals surface area contributed by atoms with Crippen LogP contribution in [-0.2, 0) is 4.79 Å². The van der Waals surface area contributed by atoms with Gasteiger partial charge in [0.1, 0.15) is 0 Å². The minimum Gasteiger partial charge on any atom is -0.349 e. The molecule has 0 rings (SSSR count). The molecule has 1 atom stereocenters. The summed E-state index contributed by atoms with van der Waals surface area (Å²) in [5, 5.41) is 8.35. The number of nitriles is 1. The van der Waals surface area contributed by atoms with Crippen LogP contribution in [0.5, 0.6) is 0 Å². The Kier molecular flexibility index (Phi) is 5.96. The largest absolute Gasteiger partial charge is 0.349 e. The van der Waals surface area contributed by atoms with Crippen molar-refractivity contribution < 1.29 is 4.79 Å². The van der Waals surface area contributed by atoms with Gasteiger partial charge >= 0.3 is 0 Å². The Morgan fingerprint density at radius 1 is 1.54 bits per heavy atom. The van der Waals surface area contributed by atoms with Crippen molar-refractivity contribution in [2.24, 2.45) is 5.92 Å². The second kappa shape index (κ2) is 6.47. The Morgan fingerprint density at radius 2 is 2.15 bits per heavy atom. The van der Waals surface area contributed by atoms with Crippen molar-refractivity contribution in [3.63, 3.8) is 0 Å². The average molecular weight is 182 g/mol. The van der Waals surface area contributed by atoms with E-state index in [1.165, 1.54) is 0 Å². The lowest BCUT2D eigenvalue weighted by Gasteiger charge is -2.18. The lowest BCUT2D eigenvalue weighted by Crippen LogP contribution is -2.29. The SMILES string of the molecule is CCC(CCCC#N)C(=O)N(C)C. The molecular formula is C10H18N2O. The van der Waals surface area contributed by atoms with Crippen molar-refractivity contribution in [2.45, 2.75) is 32.6 Å². The van der Waals surface area contributed by atoms with Gasteiger partial charge in [-0.25, -0.2) is 0 Å². The molecule has 0 spiro atoms. The average Bonchev–Trinajstić information content (AvgIpc) is 2.11. The number of carbonyl (C=O) groups excluding carboxylic acids is 1. The third-order valence-corrected chi connectivity index (χ3v) is 2.12. The molecule has 74 valence electrons. The minimum absolute atomic E-state index is 0.100. The van der Waals surface area contributed by atoms with Crippen molar-refractivity contribution in [2.75, 3.05) is 14.1 Å². The summed E-state index contributed by atoms with van der Waals surface area (Å²) >= 11 is 0. The monoisotopic (exact) mass is 182 g/mol. The highest BCUT2D eigenvalue weighted by molar-refractivity contribution is 5.78. The molecule has 0 heterocycles. The maximum Gasteiger partial charge on any atom is 0.225 e. The summed E-state index contributed by atoms with van der Waals surface area (Å²) < 4.78 is 0. The molecule has 1 amide bonds. The summed E-state index contributed by atoms with van der Waals surface area (Å²) in [6, 6.07) is 2.09. The maximum atomic E-state index is 11.5. The molecule has 0 aromatic rings. The van der Waals surface area contributed by atoms with E-state index in [1.807, 2.05) is 6.92 Å². The summed E-state index contributed by atoms with van der Waals surface area (Å²) in [7, 11) is 3.55.